The molecule has 4 aromatic heterocycles. The molecule has 9 nitrogen and oxygen atoms in total. The summed E-state index contributed by atoms with van der Waals surface area (Å²) in [6.45, 7) is 3.19. The number of imidazole rings is 1. The van der Waals surface area contributed by atoms with Crippen molar-refractivity contribution in [2.45, 2.75) is 26.1 Å². The topological polar surface area (TPSA) is 99.5 Å². The van der Waals surface area contributed by atoms with E-state index in [1.807, 2.05) is 22.9 Å². The fourth-order valence-electron chi connectivity index (χ4n) is 3.22. The van der Waals surface area contributed by atoms with Crippen LogP contribution in [-0.4, -0.2) is 41.0 Å². The zero-order chi connectivity index (χ0) is 18.1. The molecule has 5 rings (SSSR count). The Bertz CT molecular complexity index is 1020. The van der Waals surface area contributed by atoms with E-state index < -0.39 is 0 Å². The van der Waals surface area contributed by atoms with Crippen LogP contribution >= 0.6 is 0 Å². The quantitative estimate of drug-likeness (QED) is 0.590. The highest BCUT2D eigenvalue weighted by Gasteiger charge is 2.17. The first-order chi connectivity index (χ1) is 13.4. The average molecular weight is 362 g/mol. The van der Waals surface area contributed by atoms with Gasteiger partial charge in [-0.2, -0.15) is 10.1 Å². The molecule has 0 spiro atoms. The average Bonchev–Trinajstić information content (AvgIpc) is 3.41. The van der Waals surface area contributed by atoms with Crippen molar-refractivity contribution in [2.75, 3.05) is 6.54 Å². The number of pyridine rings is 1. The summed E-state index contributed by atoms with van der Waals surface area (Å²) >= 11 is 0. The molecule has 0 aromatic carbocycles. The second-order valence-corrected chi connectivity index (χ2v) is 6.41. The number of hydrogen-bond acceptors (Lipinski definition) is 7. The van der Waals surface area contributed by atoms with Gasteiger partial charge in [0, 0.05) is 43.4 Å². The zero-order valence-electron chi connectivity index (χ0n) is 14.6. The zero-order valence-corrected chi connectivity index (χ0v) is 14.6. The molecule has 1 aliphatic heterocycles. The molecule has 0 fully saturated rings. The Labute approximate surface area is 155 Å². The molecule has 0 unspecified atom stereocenters. The normalized spacial score (nSPS) is 14.1. The predicted octanol–water partition coefficient (Wildman–Crippen LogP) is 1.73. The standard InChI is InChI=1S/C18H18N8O/c1-3-13(10-19-4-1)17-22-16(27-24-17)12-25-8-6-21-18(25)15-9-14-11-20-5-2-7-26(14)23-15/h1,3-4,6,8-10,20H,2,5,7,11-12H2. The molecule has 136 valence electrons. The third-order valence-corrected chi connectivity index (χ3v) is 4.53. The highest BCUT2D eigenvalue weighted by Crippen LogP contribution is 2.21. The van der Waals surface area contributed by atoms with Crippen molar-refractivity contribution in [3.8, 4) is 22.9 Å². The first-order valence-electron chi connectivity index (χ1n) is 8.89. The Morgan fingerprint density at radius 2 is 2.26 bits per heavy atom. The SMILES string of the molecule is c1cncc(-c2noc(Cn3ccnc3-c3cc4n(n3)CCCNC4)n2)c1. The van der Waals surface area contributed by atoms with Gasteiger partial charge in [0.15, 0.2) is 5.82 Å². The lowest BCUT2D eigenvalue weighted by Crippen LogP contribution is -2.11. The monoisotopic (exact) mass is 362 g/mol. The molecule has 4 aromatic rings. The van der Waals surface area contributed by atoms with Gasteiger partial charge in [0.05, 0.1) is 5.69 Å². The molecule has 0 aliphatic carbocycles. The van der Waals surface area contributed by atoms with Gasteiger partial charge in [-0.3, -0.25) is 9.67 Å². The number of nitrogens with zero attached hydrogens (tertiary/aromatic N) is 7. The molecular weight excluding hydrogens is 344 g/mol. The lowest BCUT2D eigenvalue weighted by atomic mass is 10.3. The summed E-state index contributed by atoms with van der Waals surface area (Å²) in [5, 5.41) is 12.2. The number of nitrogens with one attached hydrogen (secondary N) is 1. The third kappa shape index (κ3) is 3.13. The molecule has 9 heteroatoms. The first kappa shape index (κ1) is 15.9. The molecule has 0 bridgehead atoms. The Morgan fingerprint density at radius 1 is 1.26 bits per heavy atom. The van der Waals surface area contributed by atoms with Crippen LogP contribution in [0.2, 0.25) is 0 Å². The van der Waals surface area contributed by atoms with Crippen molar-refractivity contribution < 1.29 is 4.52 Å². The van der Waals surface area contributed by atoms with E-state index in [1.165, 1.54) is 5.69 Å². The van der Waals surface area contributed by atoms with Crippen LogP contribution in [0.25, 0.3) is 22.9 Å². The van der Waals surface area contributed by atoms with Crippen LogP contribution in [0, 0.1) is 0 Å². The number of rotatable bonds is 4. The van der Waals surface area contributed by atoms with E-state index in [2.05, 4.69) is 36.2 Å². The second-order valence-electron chi connectivity index (χ2n) is 6.41. The lowest BCUT2D eigenvalue weighted by Gasteiger charge is -2.02. The van der Waals surface area contributed by atoms with Crippen molar-refractivity contribution in [3.63, 3.8) is 0 Å². The fourth-order valence-corrected chi connectivity index (χ4v) is 3.22. The van der Waals surface area contributed by atoms with Gasteiger partial charge in [0.25, 0.3) is 0 Å². The van der Waals surface area contributed by atoms with Crippen LogP contribution in [0.3, 0.4) is 0 Å². The minimum absolute atomic E-state index is 0.434. The van der Waals surface area contributed by atoms with Crippen LogP contribution in [-0.2, 0) is 19.6 Å². The second kappa shape index (κ2) is 6.76. The largest absolute Gasteiger partial charge is 0.337 e. The first-order valence-corrected chi connectivity index (χ1v) is 8.89. The van der Waals surface area contributed by atoms with Crippen molar-refractivity contribution in [1.29, 1.82) is 0 Å². The number of hydrogen-bond donors (Lipinski definition) is 1. The van der Waals surface area contributed by atoms with Gasteiger partial charge in [-0.05, 0) is 31.2 Å². The van der Waals surface area contributed by atoms with Gasteiger partial charge in [-0.1, -0.05) is 5.16 Å². The molecule has 0 amide bonds. The number of fused-ring (bicyclic) bond motifs is 1. The van der Waals surface area contributed by atoms with E-state index >= 15 is 0 Å². The third-order valence-electron chi connectivity index (χ3n) is 4.53. The number of aryl methyl sites for hydroxylation is 1. The summed E-state index contributed by atoms with van der Waals surface area (Å²) in [6, 6.07) is 5.83. The van der Waals surface area contributed by atoms with Crippen molar-refractivity contribution >= 4 is 0 Å². The Hall–Kier alpha value is -3.33. The minimum atomic E-state index is 0.434. The van der Waals surface area contributed by atoms with E-state index in [0.29, 0.717) is 18.3 Å². The summed E-state index contributed by atoms with van der Waals surface area (Å²) in [5.41, 5.74) is 2.85. The van der Waals surface area contributed by atoms with Crippen LogP contribution in [0.4, 0.5) is 0 Å². The number of aromatic nitrogens is 7. The summed E-state index contributed by atoms with van der Waals surface area (Å²) < 4.78 is 9.43. The predicted molar refractivity (Wildman–Crippen MR) is 96.4 cm³/mol. The van der Waals surface area contributed by atoms with E-state index in [1.54, 1.807) is 18.6 Å². The van der Waals surface area contributed by atoms with Crippen LogP contribution < -0.4 is 5.32 Å². The Balaban J connectivity index is 1.41. The Kier molecular flexibility index (Phi) is 3.98. The van der Waals surface area contributed by atoms with Gasteiger partial charge in [-0.25, -0.2) is 4.98 Å². The smallest absolute Gasteiger partial charge is 0.246 e. The Morgan fingerprint density at radius 3 is 3.19 bits per heavy atom. The van der Waals surface area contributed by atoms with Crippen LogP contribution in [0.15, 0.2) is 47.5 Å². The summed E-state index contributed by atoms with van der Waals surface area (Å²) in [5.74, 6) is 1.83. The van der Waals surface area contributed by atoms with Gasteiger partial charge in [0.1, 0.15) is 12.2 Å². The maximum Gasteiger partial charge on any atom is 0.246 e. The minimum Gasteiger partial charge on any atom is -0.337 e. The van der Waals surface area contributed by atoms with Gasteiger partial charge >= 0.3 is 0 Å². The van der Waals surface area contributed by atoms with Crippen LogP contribution in [0.1, 0.15) is 18.0 Å². The molecule has 27 heavy (non-hydrogen) atoms. The molecule has 0 saturated heterocycles. The van der Waals surface area contributed by atoms with Gasteiger partial charge in [0.2, 0.25) is 11.7 Å². The molecule has 0 atom stereocenters. The van der Waals surface area contributed by atoms with E-state index in [0.717, 1.165) is 43.1 Å². The summed E-state index contributed by atoms with van der Waals surface area (Å²) in [6.07, 6.45) is 8.15. The molecule has 0 radical (unpaired) electrons. The fraction of sp³-hybridized carbons (Fsp3) is 0.278. The van der Waals surface area contributed by atoms with E-state index in [9.17, 15) is 0 Å². The molecule has 1 aliphatic rings. The van der Waals surface area contributed by atoms with Gasteiger partial charge < -0.3 is 14.4 Å². The van der Waals surface area contributed by atoms with Crippen molar-refractivity contribution in [2.24, 2.45) is 0 Å². The van der Waals surface area contributed by atoms with E-state index in [4.69, 9.17) is 9.62 Å². The molecule has 0 saturated carbocycles. The maximum absolute atomic E-state index is 5.41. The highest BCUT2D eigenvalue weighted by atomic mass is 16.5. The molecular formula is C18H18N8O. The highest BCUT2D eigenvalue weighted by molar-refractivity contribution is 5.52. The summed E-state index contributed by atoms with van der Waals surface area (Å²) in [7, 11) is 0. The lowest BCUT2D eigenvalue weighted by molar-refractivity contribution is 0.372. The van der Waals surface area contributed by atoms with Crippen molar-refractivity contribution in [3.05, 3.63) is 54.6 Å². The van der Waals surface area contributed by atoms with Gasteiger partial charge in [-0.15, -0.1) is 0 Å². The molecule has 5 heterocycles. The van der Waals surface area contributed by atoms with E-state index in [-0.39, 0.29) is 0 Å². The van der Waals surface area contributed by atoms with Crippen LogP contribution in [0.5, 0.6) is 0 Å². The summed E-state index contributed by atoms with van der Waals surface area (Å²) in [4.78, 5) is 13.0. The van der Waals surface area contributed by atoms with Crippen molar-refractivity contribution in [1.82, 2.24) is 39.8 Å². The maximum atomic E-state index is 5.41. The molecule has 1 N–H and O–H groups in total.